The maximum Gasteiger partial charge on any atom is 0.387 e. The second-order valence-corrected chi connectivity index (χ2v) is 10.3. The van der Waals surface area contributed by atoms with Crippen molar-refractivity contribution in [3.63, 3.8) is 0 Å². The van der Waals surface area contributed by atoms with Gasteiger partial charge in [0.1, 0.15) is 17.7 Å². The van der Waals surface area contributed by atoms with Gasteiger partial charge < -0.3 is 14.2 Å². The van der Waals surface area contributed by atoms with E-state index in [-0.39, 0.29) is 28.7 Å². The molecule has 0 unspecified atom stereocenters. The highest BCUT2D eigenvalue weighted by molar-refractivity contribution is 6.31. The third-order valence-corrected chi connectivity index (χ3v) is 7.17. The molecule has 1 aliphatic rings. The van der Waals surface area contributed by atoms with E-state index in [9.17, 15) is 23.2 Å². The first-order valence-corrected chi connectivity index (χ1v) is 13.4. The minimum absolute atomic E-state index is 0.0926. The largest absolute Gasteiger partial charge is 0.489 e. The van der Waals surface area contributed by atoms with Crippen LogP contribution in [0.1, 0.15) is 35.6 Å². The molecule has 12 heteroatoms. The summed E-state index contributed by atoms with van der Waals surface area (Å²) in [5.74, 6) is -0.517. The van der Waals surface area contributed by atoms with Crippen LogP contribution in [0.5, 0.6) is 11.5 Å². The number of hydrogen-bond acceptors (Lipinski definition) is 6. The van der Waals surface area contributed by atoms with Crippen molar-refractivity contribution >= 4 is 28.3 Å². The van der Waals surface area contributed by atoms with Gasteiger partial charge in [-0.05, 0) is 61.1 Å². The predicted octanol–water partition coefficient (Wildman–Crippen LogP) is 4.38. The van der Waals surface area contributed by atoms with Crippen LogP contribution in [-0.4, -0.2) is 29.0 Å². The fraction of sp³-hybridized carbons (Fsp3) is 0.310. The number of pyridine rings is 1. The number of ether oxygens (including phenoxy) is 3. The highest BCUT2D eigenvalue weighted by Crippen LogP contribution is 2.37. The number of aryl methyl sites for hydroxylation is 1. The third kappa shape index (κ3) is 6.74. The van der Waals surface area contributed by atoms with Gasteiger partial charge in [-0.3, -0.25) is 19.5 Å². The summed E-state index contributed by atoms with van der Waals surface area (Å²) in [6.45, 7) is -1.45. The molecule has 0 bridgehead atoms. The predicted molar refractivity (Wildman–Crippen MR) is 145 cm³/mol. The minimum Gasteiger partial charge on any atom is -0.489 e. The first-order chi connectivity index (χ1) is 19.7. The van der Waals surface area contributed by atoms with Crippen LogP contribution in [0.2, 0.25) is 5.02 Å². The quantitative estimate of drug-likeness (QED) is 0.261. The van der Waals surface area contributed by atoms with Crippen molar-refractivity contribution in [3.05, 3.63) is 97.3 Å². The molecule has 214 valence electrons. The standard InChI is InChI=1S/C29H26ClF2N3O6/c1-16-12-33-13-22(30)21(16)11-24(18-8-9-23(41-29(31)32)25(10-18)39-15-17-6-7-17)40-26(36)14-35-28(38)20-5-3-2-4-19(20)27(37)34-35/h2-5,8-10,12-13,17,24,29H,6-7,11,14-15H2,1H3,(H,34,37)/p+1/t24-/m0/s1. The molecule has 2 aromatic carbocycles. The molecular weight excluding hydrogens is 560 g/mol. The molecule has 1 saturated carbocycles. The number of carbonyl (C=O) groups is 1. The second kappa shape index (κ2) is 12.1. The molecule has 9 nitrogen and oxygen atoms in total. The molecule has 0 aliphatic heterocycles. The molecule has 41 heavy (non-hydrogen) atoms. The monoisotopic (exact) mass is 586 g/mol. The number of halogens is 3. The van der Waals surface area contributed by atoms with E-state index in [1.54, 1.807) is 24.5 Å². The lowest BCUT2D eigenvalue weighted by Crippen LogP contribution is -2.33. The number of H-pyrrole nitrogens is 2. The molecule has 0 spiro atoms. The van der Waals surface area contributed by atoms with Crippen molar-refractivity contribution in [2.24, 2.45) is 5.92 Å². The molecule has 5 rings (SSSR count). The van der Waals surface area contributed by atoms with Crippen LogP contribution < -0.4 is 25.6 Å². The van der Waals surface area contributed by atoms with Crippen LogP contribution in [0.15, 0.2) is 64.4 Å². The molecule has 2 aromatic heterocycles. The van der Waals surface area contributed by atoms with Gasteiger partial charge in [0.25, 0.3) is 11.1 Å². The Labute approximate surface area is 237 Å². The van der Waals surface area contributed by atoms with Crippen molar-refractivity contribution in [1.82, 2.24) is 9.78 Å². The zero-order valence-corrected chi connectivity index (χ0v) is 22.8. The molecule has 2 heterocycles. The molecule has 2 N–H and O–H groups in total. The summed E-state index contributed by atoms with van der Waals surface area (Å²) in [4.78, 5) is 41.5. The van der Waals surface area contributed by atoms with Gasteiger partial charge in [0.15, 0.2) is 23.9 Å². The zero-order chi connectivity index (χ0) is 29.1. The van der Waals surface area contributed by atoms with Gasteiger partial charge >= 0.3 is 12.6 Å². The average molecular weight is 587 g/mol. The fourth-order valence-corrected chi connectivity index (χ4v) is 4.77. The number of nitrogens with zero attached hydrogens (tertiary/aromatic N) is 1. The van der Waals surface area contributed by atoms with Crippen LogP contribution in [0.3, 0.4) is 0 Å². The highest BCUT2D eigenvalue weighted by Gasteiger charge is 2.26. The summed E-state index contributed by atoms with van der Waals surface area (Å²) >= 11 is 6.44. The van der Waals surface area contributed by atoms with Gasteiger partial charge in [-0.25, -0.2) is 9.67 Å². The Morgan fingerprint density at radius 2 is 1.88 bits per heavy atom. The Morgan fingerprint density at radius 1 is 1.12 bits per heavy atom. The number of aromatic nitrogens is 3. The van der Waals surface area contributed by atoms with E-state index in [4.69, 9.17) is 21.1 Å². The van der Waals surface area contributed by atoms with Gasteiger partial charge in [-0.1, -0.05) is 29.8 Å². The van der Waals surface area contributed by atoms with Crippen LogP contribution in [0.4, 0.5) is 8.78 Å². The lowest BCUT2D eigenvalue weighted by molar-refractivity contribution is -0.378. The first kappa shape index (κ1) is 28.3. The third-order valence-electron chi connectivity index (χ3n) is 6.84. The number of hydrogen-bond donors (Lipinski definition) is 1. The smallest absolute Gasteiger partial charge is 0.387 e. The van der Waals surface area contributed by atoms with Crippen molar-refractivity contribution in [2.75, 3.05) is 6.61 Å². The van der Waals surface area contributed by atoms with Crippen molar-refractivity contribution in [2.45, 2.75) is 45.4 Å². The Hall–Kier alpha value is -4.25. The van der Waals surface area contributed by atoms with Crippen molar-refractivity contribution in [1.29, 1.82) is 0 Å². The van der Waals surface area contributed by atoms with Crippen LogP contribution in [0.25, 0.3) is 10.8 Å². The second-order valence-electron chi connectivity index (χ2n) is 9.86. The summed E-state index contributed by atoms with van der Waals surface area (Å²) in [7, 11) is 0. The number of alkyl halides is 2. The number of esters is 1. The van der Waals surface area contributed by atoms with Gasteiger partial charge in [-0.2, -0.15) is 8.78 Å². The lowest BCUT2D eigenvalue weighted by Gasteiger charge is -2.21. The topological polar surface area (TPSA) is 114 Å². The first-order valence-electron chi connectivity index (χ1n) is 13.0. The van der Waals surface area contributed by atoms with E-state index in [0.717, 1.165) is 23.1 Å². The maximum absolute atomic E-state index is 13.2. The number of fused-ring (bicyclic) bond motifs is 1. The molecule has 0 radical (unpaired) electrons. The lowest BCUT2D eigenvalue weighted by atomic mass is 9.98. The summed E-state index contributed by atoms with van der Waals surface area (Å²) in [5, 5.41) is 3.19. The fourth-order valence-electron chi connectivity index (χ4n) is 4.48. The molecule has 1 atom stereocenters. The van der Waals surface area contributed by atoms with Gasteiger partial charge in [0.2, 0.25) is 0 Å². The Bertz CT molecular complexity index is 1680. The summed E-state index contributed by atoms with van der Waals surface area (Å²) in [6.07, 6.45) is 4.49. The maximum atomic E-state index is 13.2. The van der Waals surface area contributed by atoms with E-state index >= 15 is 0 Å². The number of aromatic amines is 2. The molecule has 0 amide bonds. The van der Waals surface area contributed by atoms with Crippen LogP contribution in [-0.2, 0) is 22.5 Å². The normalized spacial score (nSPS) is 13.8. The summed E-state index contributed by atoms with van der Waals surface area (Å²) in [5.41, 5.74) is 0.841. The molecule has 1 aliphatic carbocycles. The summed E-state index contributed by atoms with van der Waals surface area (Å²) < 4.78 is 43.3. The molecule has 0 saturated heterocycles. The number of carbonyl (C=O) groups excluding carboxylic acids is 1. The van der Waals surface area contributed by atoms with E-state index < -0.39 is 36.3 Å². The molecular formula is C29H27ClF2N3O6+. The van der Waals surface area contributed by atoms with Crippen LogP contribution >= 0.6 is 11.6 Å². The van der Waals surface area contributed by atoms with Crippen LogP contribution in [0, 0.1) is 12.8 Å². The van der Waals surface area contributed by atoms with E-state index in [0.29, 0.717) is 28.7 Å². The van der Waals surface area contributed by atoms with E-state index in [2.05, 4.69) is 14.8 Å². The highest BCUT2D eigenvalue weighted by atomic mass is 35.5. The van der Waals surface area contributed by atoms with Gasteiger partial charge in [-0.15, -0.1) is 0 Å². The van der Waals surface area contributed by atoms with E-state index in [1.165, 1.54) is 30.3 Å². The van der Waals surface area contributed by atoms with Crippen molar-refractivity contribution < 1.29 is 32.8 Å². The number of rotatable bonds is 11. The minimum atomic E-state index is -3.05. The zero-order valence-electron chi connectivity index (χ0n) is 22.0. The Morgan fingerprint density at radius 3 is 2.59 bits per heavy atom. The Balaban J connectivity index is 1.47. The number of benzene rings is 2. The van der Waals surface area contributed by atoms with Gasteiger partial charge in [0, 0.05) is 12.0 Å². The SMILES string of the molecule is Cc1c[nH+]cc(Cl)c1C[C@H](OC(=O)Cn1[nH]c(=O)c2ccccc2c1=O)c1ccc(OC(F)F)c(OCC2CC2)c1. The van der Waals surface area contributed by atoms with E-state index in [1.807, 2.05) is 6.92 Å². The number of nitrogens with one attached hydrogen (secondary N) is 2. The molecule has 4 aromatic rings. The van der Waals surface area contributed by atoms with Gasteiger partial charge in [0.05, 0.1) is 17.4 Å². The Kier molecular flexibility index (Phi) is 8.34. The van der Waals surface area contributed by atoms with Crippen molar-refractivity contribution in [3.8, 4) is 11.5 Å². The molecule has 1 fully saturated rings. The average Bonchev–Trinajstić information content (AvgIpc) is 3.77. The summed E-state index contributed by atoms with van der Waals surface area (Å²) in [6, 6.07) is 10.6.